The normalized spacial score (nSPS) is 11.8. The fourth-order valence-electron chi connectivity index (χ4n) is 2.55. The zero-order chi connectivity index (χ0) is 17.0. The molecule has 1 atom stereocenters. The Hall–Kier alpha value is -2.69. The Labute approximate surface area is 135 Å². The summed E-state index contributed by atoms with van der Waals surface area (Å²) in [5.74, 6) is -1.37. The number of rotatable bonds is 5. The molecule has 23 heavy (non-hydrogen) atoms. The minimum atomic E-state index is -1.11. The van der Waals surface area contributed by atoms with Crippen molar-refractivity contribution in [3.8, 4) is 0 Å². The number of amides is 1. The van der Waals surface area contributed by atoms with Gasteiger partial charge in [0, 0.05) is 12.2 Å². The molecule has 0 bridgehead atoms. The second-order valence-corrected chi connectivity index (χ2v) is 5.81. The lowest BCUT2D eigenvalue weighted by Gasteiger charge is -2.15. The van der Waals surface area contributed by atoms with Crippen LogP contribution >= 0.6 is 0 Å². The summed E-state index contributed by atoms with van der Waals surface area (Å²) in [6.45, 7) is 6.04. The molecule has 0 saturated heterocycles. The van der Waals surface area contributed by atoms with E-state index in [0.29, 0.717) is 5.56 Å². The van der Waals surface area contributed by atoms with E-state index in [2.05, 4.69) is 42.3 Å². The molecule has 2 rings (SSSR count). The Balaban J connectivity index is 2.00. The van der Waals surface area contributed by atoms with Crippen LogP contribution in [-0.2, 0) is 6.42 Å². The number of aryl methyl sites for hydroxylation is 2. The molecule has 1 aromatic carbocycles. The molecule has 1 unspecified atom stereocenters. The first-order valence-electron chi connectivity index (χ1n) is 7.42. The fraction of sp³-hybridized carbons (Fsp3) is 0.278. The summed E-state index contributed by atoms with van der Waals surface area (Å²) >= 11 is 0. The van der Waals surface area contributed by atoms with Crippen molar-refractivity contribution in [1.29, 1.82) is 0 Å². The smallest absolute Gasteiger partial charge is 0.354 e. The van der Waals surface area contributed by atoms with Crippen molar-refractivity contribution in [2.24, 2.45) is 0 Å². The average Bonchev–Trinajstić information content (AvgIpc) is 2.45. The second kappa shape index (κ2) is 7.05. The van der Waals surface area contributed by atoms with Gasteiger partial charge in [-0.25, -0.2) is 9.78 Å². The number of hydrogen-bond acceptors (Lipinski definition) is 3. The van der Waals surface area contributed by atoms with Gasteiger partial charge in [0.05, 0.1) is 5.56 Å². The summed E-state index contributed by atoms with van der Waals surface area (Å²) in [5.41, 5.74) is 3.85. The third kappa shape index (κ3) is 4.64. The van der Waals surface area contributed by atoms with E-state index in [1.54, 1.807) is 0 Å². The molecule has 0 radical (unpaired) electrons. The molecule has 5 nitrogen and oxygen atoms in total. The standard InChI is InChI=1S/C18H20N2O3/c1-11-6-12(2)8-14(7-11)9-13(3)20-17(21)15-4-5-16(18(22)23)19-10-15/h4-8,10,13H,9H2,1-3H3,(H,20,21)(H,22,23). The van der Waals surface area contributed by atoms with Crippen LogP contribution in [0.1, 0.15) is 44.5 Å². The molecule has 0 fully saturated rings. The van der Waals surface area contributed by atoms with Crippen LogP contribution in [0.5, 0.6) is 0 Å². The van der Waals surface area contributed by atoms with Gasteiger partial charge in [-0.3, -0.25) is 4.79 Å². The lowest BCUT2D eigenvalue weighted by molar-refractivity contribution is 0.0689. The number of nitrogens with zero attached hydrogens (tertiary/aromatic N) is 1. The molecule has 1 amide bonds. The SMILES string of the molecule is Cc1cc(C)cc(CC(C)NC(=O)c2ccc(C(=O)O)nc2)c1. The van der Waals surface area contributed by atoms with Gasteiger partial charge in [0.1, 0.15) is 5.69 Å². The number of benzene rings is 1. The number of carboxylic acid groups (broad SMARTS) is 1. The van der Waals surface area contributed by atoms with Crippen molar-refractivity contribution in [3.63, 3.8) is 0 Å². The number of nitrogens with one attached hydrogen (secondary N) is 1. The van der Waals surface area contributed by atoms with E-state index in [4.69, 9.17) is 5.11 Å². The van der Waals surface area contributed by atoms with Crippen LogP contribution in [-0.4, -0.2) is 28.0 Å². The number of aromatic nitrogens is 1. The van der Waals surface area contributed by atoms with Crippen LogP contribution in [0.25, 0.3) is 0 Å². The van der Waals surface area contributed by atoms with Crippen molar-refractivity contribution < 1.29 is 14.7 Å². The van der Waals surface area contributed by atoms with E-state index < -0.39 is 5.97 Å². The van der Waals surface area contributed by atoms with Gasteiger partial charge in [-0.05, 0) is 44.9 Å². The van der Waals surface area contributed by atoms with Gasteiger partial charge >= 0.3 is 5.97 Å². The van der Waals surface area contributed by atoms with Crippen LogP contribution in [0.15, 0.2) is 36.5 Å². The first-order valence-corrected chi connectivity index (χ1v) is 7.42. The number of pyridine rings is 1. The van der Waals surface area contributed by atoms with Crippen molar-refractivity contribution in [2.45, 2.75) is 33.2 Å². The molecule has 0 aliphatic rings. The highest BCUT2D eigenvalue weighted by molar-refractivity contribution is 5.95. The zero-order valence-electron chi connectivity index (χ0n) is 13.5. The van der Waals surface area contributed by atoms with Gasteiger partial charge in [-0.1, -0.05) is 29.3 Å². The molecule has 0 aliphatic carbocycles. The third-order valence-electron chi connectivity index (χ3n) is 3.45. The van der Waals surface area contributed by atoms with E-state index in [9.17, 15) is 9.59 Å². The maximum absolute atomic E-state index is 12.2. The average molecular weight is 312 g/mol. The first kappa shape index (κ1) is 16.7. The topological polar surface area (TPSA) is 79.3 Å². The fourth-order valence-corrected chi connectivity index (χ4v) is 2.55. The summed E-state index contributed by atoms with van der Waals surface area (Å²) in [7, 11) is 0. The Bertz CT molecular complexity index is 703. The van der Waals surface area contributed by atoms with Crippen LogP contribution in [0.2, 0.25) is 0 Å². The number of carbonyl (C=O) groups excluding carboxylic acids is 1. The Morgan fingerprint density at radius 3 is 2.35 bits per heavy atom. The quantitative estimate of drug-likeness (QED) is 0.889. The summed E-state index contributed by atoms with van der Waals surface area (Å²) < 4.78 is 0. The molecule has 1 aromatic heterocycles. The van der Waals surface area contributed by atoms with E-state index in [1.807, 2.05) is 6.92 Å². The van der Waals surface area contributed by atoms with Crippen LogP contribution < -0.4 is 5.32 Å². The summed E-state index contributed by atoms with van der Waals surface area (Å²) in [4.78, 5) is 26.7. The number of aromatic carboxylic acids is 1. The molecular formula is C18H20N2O3. The Morgan fingerprint density at radius 1 is 1.17 bits per heavy atom. The lowest BCUT2D eigenvalue weighted by atomic mass is 10.0. The minimum Gasteiger partial charge on any atom is -0.477 e. The van der Waals surface area contributed by atoms with E-state index in [-0.39, 0.29) is 17.6 Å². The monoisotopic (exact) mass is 312 g/mol. The number of carbonyl (C=O) groups is 2. The van der Waals surface area contributed by atoms with Crippen LogP contribution in [0.4, 0.5) is 0 Å². The highest BCUT2D eigenvalue weighted by Gasteiger charge is 2.12. The summed E-state index contributed by atoms with van der Waals surface area (Å²) in [6, 6.07) is 9.09. The highest BCUT2D eigenvalue weighted by atomic mass is 16.4. The third-order valence-corrected chi connectivity index (χ3v) is 3.45. The highest BCUT2D eigenvalue weighted by Crippen LogP contribution is 2.11. The predicted octanol–water partition coefficient (Wildman–Crippen LogP) is 2.76. The molecular weight excluding hydrogens is 292 g/mol. The molecule has 2 aromatic rings. The van der Waals surface area contributed by atoms with Gasteiger partial charge in [0.2, 0.25) is 0 Å². The van der Waals surface area contributed by atoms with Crippen LogP contribution in [0.3, 0.4) is 0 Å². The summed E-state index contributed by atoms with van der Waals surface area (Å²) in [6.07, 6.45) is 2.01. The minimum absolute atomic E-state index is 0.0390. The molecule has 120 valence electrons. The Kier molecular flexibility index (Phi) is 5.11. The van der Waals surface area contributed by atoms with Crippen molar-refractivity contribution in [2.75, 3.05) is 0 Å². The first-order chi connectivity index (χ1) is 10.8. The molecule has 1 heterocycles. The number of hydrogen-bond donors (Lipinski definition) is 2. The Morgan fingerprint density at radius 2 is 1.83 bits per heavy atom. The zero-order valence-corrected chi connectivity index (χ0v) is 13.5. The molecule has 2 N–H and O–H groups in total. The number of carboxylic acids is 1. The van der Waals surface area contributed by atoms with Gasteiger partial charge < -0.3 is 10.4 Å². The van der Waals surface area contributed by atoms with Gasteiger partial charge in [-0.15, -0.1) is 0 Å². The summed E-state index contributed by atoms with van der Waals surface area (Å²) in [5, 5.41) is 11.7. The van der Waals surface area contributed by atoms with Gasteiger partial charge in [0.15, 0.2) is 0 Å². The molecule has 5 heteroatoms. The lowest BCUT2D eigenvalue weighted by Crippen LogP contribution is -2.34. The van der Waals surface area contributed by atoms with Crippen molar-refractivity contribution in [3.05, 3.63) is 64.5 Å². The van der Waals surface area contributed by atoms with Crippen molar-refractivity contribution in [1.82, 2.24) is 10.3 Å². The van der Waals surface area contributed by atoms with Gasteiger partial charge in [-0.2, -0.15) is 0 Å². The van der Waals surface area contributed by atoms with Gasteiger partial charge in [0.25, 0.3) is 5.91 Å². The molecule has 0 saturated carbocycles. The predicted molar refractivity (Wildman–Crippen MR) is 87.7 cm³/mol. The largest absolute Gasteiger partial charge is 0.477 e. The molecule has 0 spiro atoms. The van der Waals surface area contributed by atoms with E-state index in [1.165, 1.54) is 35.0 Å². The van der Waals surface area contributed by atoms with Crippen molar-refractivity contribution >= 4 is 11.9 Å². The maximum Gasteiger partial charge on any atom is 0.354 e. The van der Waals surface area contributed by atoms with E-state index >= 15 is 0 Å². The maximum atomic E-state index is 12.2. The molecule has 0 aliphatic heterocycles. The van der Waals surface area contributed by atoms with E-state index in [0.717, 1.165) is 6.42 Å². The van der Waals surface area contributed by atoms with Crippen LogP contribution in [0, 0.1) is 13.8 Å². The second-order valence-electron chi connectivity index (χ2n) is 5.81.